The molecule has 21 heavy (non-hydrogen) atoms. The summed E-state index contributed by atoms with van der Waals surface area (Å²) >= 11 is 3.68. The average Bonchev–Trinajstić information content (AvgIpc) is 2.77. The zero-order valence-corrected chi connectivity index (χ0v) is 14.0. The molecule has 0 spiro atoms. The summed E-state index contributed by atoms with van der Waals surface area (Å²) in [7, 11) is 0. The summed E-state index contributed by atoms with van der Waals surface area (Å²) in [6.45, 7) is 6.15. The summed E-state index contributed by atoms with van der Waals surface area (Å²) in [5, 5.41) is 12.3. The number of fused-ring (bicyclic) bond motifs is 1. The number of hydrogen-bond donors (Lipinski definition) is 0. The highest BCUT2D eigenvalue weighted by atomic mass is 79.9. The van der Waals surface area contributed by atoms with Crippen molar-refractivity contribution >= 4 is 27.6 Å². The monoisotopic (exact) mass is 349 g/mol. The van der Waals surface area contributed by atoms with Gasteiger partial charge in [0.05, 0.1) is 0 Å². The van der Waals surface area contributed by atoms with Gasteiger partial charge >= 0.3 is 0 Å². The largest absolute Gasteiger partial charge is 0.309 e. The van der Waals surface area contributed by atoms with E-state index < -0.39 is 0 Å². The first-order chi connectivity index (χ1) is 10.2. The zero-order valence-electron chi connectivity index (χ0n) is 12.5. The van der Waals surface area contributed by atoms with E-state index in [0.29, 0.717) is 5.92 Å². The molecule has 0 atom stereocenters. The fraction of sp³-hybridized carbons (Fsp3) is 0.533. The molecule has 5 nitrogen and oxygen atoms in total. The van der Waals surface area contributed by atoms with Crippen molar-refractivity contribution < 1.29 is 0 Å². The minimum atomic E-state index is 0.515. The molecule has 0 radical (unpaired) electrons. The Bertz CT molecular complexity index is 622. The van der Waals surface area contributed by atoms with Crippen LogP contribution in [0.1, 0.15) is 32.3 Å². The van der Waals surface area contributed by atoms with Gasteiger partial charge in [0.15, 0.2) is 0 Å². The smallest absolute Gasteiger partial charge is 0.250 e. The van der Waals surface area contributed by atoms with Gasteiger partial charge in [-0.3, -0.25) is 0 Å². The number of nitrogens with zero attached hydrogens (tertiary/aromatic N) is 5. The molecule has 0 fully saturated rings. The Hall–Kier alpha value is -1.43. The highest BCUT2D eigenvalue weighted by molar-refractivity contribution is 9.10. The Morgan fingerprint density at radius 3 is 2.95 bits per heavy atom. The summed E-state index contributed by atoms with van der Waals surface area (Å²) in [4.78, 5) is 2.26. The molecule has 0 saturated carbocycles. The van der Waals surface area contributed by atoms with Crippen LogP contribution in [0.4, 0.5) is 11.6 Å². The third-order valence-corrected chi connectivity index (χ3v) is 4.48. The third-order valence-electron chi connectivity index (χ3n) is 3.74. The van der Waals surface area contributed by atoms with Crippen molar-refractivity contribution in [3.8, 4) is 0 Å². The molecule has 0 amide bonds. The summed E-state index contributed by atoms with van der Waals surface area (Å²) in [6.07, 6.45) is 3.44. The first-order valence-electron chi connectivity index (χ1n) is 7.48. The van der Waals surface area contributed by atoms with Gasteiger partial charge in [0, 0.05) is 23.2 Å². The Labute approximate surface area is 133 Å². The molecule has 3 rings (SSSR count). The van der Waals surface area contributed by atoms with E-state index >= 15 is 0 Å². The van der Waals surface area contributed by atoms with Gasteiger partial charge in [-0.15, -0.1) is 0 Å². The molecule has 2 heterocycles. The van der Waals surface area contributed by atoms with Crippen LogP contribution in [0.3, 0.4) is 0 Å². The van der Waals surface area contributed by atoms with Crippen LogP contribution < -0.4 is 4.90 Å². The van der Waals surface area contributed by atoms with Gasteiger partial charge in [0.25, 0.3) is 0 Å². The van der Waals surface area contributed by atoms with E-state index in [1.807, 2.05) is 4.68 Å². The van der Waals surface area contributed by atoms with Gasteiger partial charge in [-0.1, -0.05) is 40.9 Å². The first kappa shape index (κ1) is 14.5. The molecular weight excluding hydrogens is 330 g/mol. The normalized spacial score (nSPS) is 15.1. The molecule has 6 heteroatoms. The third kappa shape index (κ3) is 2.95. The van der Waals surface area contributed by atoms with E-state index in [-0.39, 0.29) is 0 Å². The highest BCUT2D eigenvalue weighted by Crippen LogP contribution is 2.35. The maximum Gasteiger partial charge on any atom is 0.250 e. The van der Waals surface area contributed by atoms with Crippen LogP contribution in [0.2, 0.25) is 0 Å². The Morgan fingerprint density at radius 1 is 1.29 bits per heavy atom. The molecule has 1 aromatic heterocycles. The van der Waals surface area contributed by atoms with Crippen molar-refractivity contribution in [2.45, 2.75) is 39.7 Å². The standard InChI is InChI=1S/C15H20BrN5/c1-11(2)10-21-15(17-18-19-21)20-9-4-3-6-12-13(16)7-5-8-14(12)20/h5,7-8,11H,3-4,6,9-10H2,1-2H3. The zero-order chi connectivity index (χ0) is 14.8. The topological polar surface area (TPSA) is 46.8 Å². The minimum absolute atomic E-state index is 0.515. The molecule has 0 aliphatic carbocycles. The van der Waals surface area contributed by atoms with Crippen molar-refractivity contribution in [2.24, 2.45) is 5.92 Å². The Morgan fingerprint density at radius 2 is 2.14 bits per heavy atom. The minimum Gasteiger partial charge on any atom is -0.309 e. The van der Waals surface area contributed by atoms with Crippen LogP contribution in [0.15, 0.2) is 22.7 Å². The molecule has 1 aromatic carbocycles. The molecule has 0 unspecified atom stereocenters. The van der Waals surface area contributed by atoms with Crippen molar-refractivity contribution in [2.75, 3.05) is 11.4 Å². The lowest BCUT2D eigenvalue weighted by Crippen LogP contribution is -2.23. The van der Waals surface area contributed by atoms with Crippen LogP contribution in [0.25, 0.3) is 0 Å². The van der Waals surface area contributed by atoms with Crippen LogP contribution in [0.5, 0.6) is 0 Å². The second kappa shape index (κ2) is 6.13. The SMILES string of the molecule is CC(C)Cn1nnnc1N1CCCCc2c(Br)cccc21. The van der Waals surface area contributed by atoms with Crippen molar-refractivity contribution in [3.05, 3.63) is 28.2 Å². The second-order valence-corrected chi connectivity index (χ2v) is 6.76. The molecule has 0 saturated heterocycles. The van der Waals surface area contributed by atoms with Crippen LogP contribution in [0, 0.1) is 5.92 Å². The lowest BCUT2D eigenvalue weighted by atomic mass is 10.1. The summed E-state index contributed by atoms with van der Waals surface area (Å²) in [5.74, 6) is 1.37. The van der Waals surface area contributed by atoms with Gasteiger partial charge in [-0.25, -0.2) is 4.68 Å². The number of rotatable bonds is 3. The van der Waals surface area contributed by atoms with Crippen molar-refractivity contribution in [1.82, 2.24) is 20.2 Å². The molecule has 2 aromatic rings. The number of benzene rings is 1. The molecule has 0 bridgehead atoms. The molecular formula is C15H20BrN5. The lowest BCUT2D eigenvalue weighted by molar-refractivity contribution is 0.472. The molecule has 1 aliphatic rings. The Kier molecular flexibility index (Phi) is 4.24. The average molecular weight is 350 g/mol. The number of halogens is 1. The first-order valence-corrected chi connectivity index (χ1v) is 8.27. The predicted octanol–water partition coefficient (Wildman–Crippen LogP) is 3.57. The number of aromatic nitrogens is 4. The van der Waals surface area contributed by atoms with Crippen molar-refractivity contribution in [3.63, 3.8) is 0 Å². The number of anilines is 2. The van der Waals surface area contributed by atoms with Gasteiger partial charge < -0.3 is 4.90 Å². The summed E-state index contributed by atoms with van der Waals surface area (Å²) < 4.78 is 3.09. The quantitative estimate of drug-likeness (QED) is 0.849. The van der Waals surface area contributed by atoms with Gasteiger partial charge in [-0.05, 0) is 53.3 Å². The maximum atomic E-state index is 4.28. The fourth-order valence-corrected chi connectivity index (χ4v) is 3.36. The van der Waals surface area contributed by atoms with Crippen LogP contribution >= 0.6 is 15.9 Å². The van der Waals surface area contributed by atoms with Gasteiger partial charge in [-0.2, -0.15) is 0 Å². The summed E-state index contributed by atoms with van der Waals surface area (Å²) in [6, 6.07) is 6.36. The highest BCUT2D eigenvalue weighted by Gasteiger charge is 2.23. The molecule has 0 N–H and O–H groups in total. The van der Waals surface area contributed by atoms with Crippen molar-refractivity contribution in [1.29, 1.82) is 0 Å². The summed E-state index contributed by atoms with van der Waals surface area (Å²) in [5.41, 5.74) is 2.58. The van der Waals surface area contributed by atoms with E-state index in [0.717, 1.165) is 31.9 Å². The lowest BCUT2D eigenvalue weighted by Gasteiger charge is -2.24. The van der Waals surface area contributed by atoms with Gasteiger partial charge in [0.1, 0.15) is 0 Å². The van der Waals surface area contributed by atoms with Crippen LogP contribution in [-0.4, -0.2) is 26.8 Å². The van der Waals surface area contributed by atoms with E-state index in [9.17, 15) is 0 Å². The van der Waals surface area contributed by atoms with Gasteiger partial charge in [0.2, 0.25) is 5.95 Å². The van der Waals surface area contributed by atoms with E-state index in [4.69, 9.17) is 0 Å². The fourth-order valence-electron chi connectivity index (χ4n) is 2.80. The molecule has 112 valence electrons. The number of tetrazole rings is 1. The molecule has 1 aliphatic heterocycles. The number of hydrogen-bond acceptors (Lipinski definition) is 4. The van der Waals surface area contributed by atoms with Crippen LogP contribution in [-0.2, 0) is 13.0 Å². The van der Waals surface area contributed by atoms with E-state index in [1.54, 1.807) is 0 Å². The predicted molar refractivity (Wildman–Crippen MR) is 86.7 cm³/mol. The van der Waals surface area contributed by atoms with E-state index in [2.05, 4.69) is 68.4 Å². The second-order valence-electron chi connectivity index (χ2n) is 5.90. The maximum absolute atomic E-state index is 4.28. The Balaban J connectivity index is 2.03. The van der Waals surface area contributed by atoms with E-state index in [1.165, 1.54) is 22.1 Å².